The number of ether oxygens (including phenoxy) is 1. The molecule has 0 aliphatic rings. The van der Waals surface area contributed by atoms with Gasteiger partial charge in [0.15, 0.2) is 4.80 Å². The van der Waals surface area contributed by atoms with Crippen LogP contribution in [0, 0.1) is 13.8 Å². The molecule has 0 saturated heterocycles. The molecule has 0 bridgehead atoms. The monoisotopic (exact) mass is 354 g/mol. The number of carbonyl (C=O) groups is 1. The molecule has 0 radical (unpaired) electrons. The fourth-order valence-corrected chi connectivity index (χ4v) is 4.06. The third-order valence-corrected chi connectivity index (χ3v) is 5.13. The minimum atomic E-state index is -0.204. The van der Waals surface area contributed by atoms with Crippen molar-refractivity contribution in [1.82, 2.24) is 4.57 Å². The van der Waals surface area contributed by atoms with Crippen LogP contribution in [-0.4, -0.2) is 17.1 Å². The number of rotatable bonds is 4. The van der Waals surface area contributed by atoms with E-state index in [1.54, 1.807) is 0 Å². The number of aryl methyl sites for hydroxylation is 3. The van der Waals surface area contributed by atoms with Crippen LogP contribution in [0.2, 0.25) is 0 Å². The molecule has 1 amide bonds. The van der Waals surface area contributed by atoms with Crippen molar-refractivity contribution in [2.24, 2.45) is 4.99 Å². The molecule has 2 aromatic carbocycles. The van der Waals surface area contributed by atoms with Crippen LogP contribution in [0.4, 0.5) is 0 Å². The number of para-hydroxylation sites is 1. The summed E-state index contributed by atoms with van der Waals surface area (Å²) in [5.74, 6) is 0.628. The van der Waals surface area contributed by atoms with E-state index >= 15 is 0 Å². The van der Waals surface area contributed by atoms with Crippen LogP contribution < -0.4 is 9.54 Å². The minimum absolute atomic E-state index is 0.204. The molecule has 3 aromatic rings. The van der Waals surface area contributed by atoms with Crippen molar-refractivity contribution >= 4 is 27.5 Å². The molecule has 0 atom stereocenters. The Bertz CT molecular complexity index is 999. The van der Waals surface area contributed by atoms with Gasteiger partial charge in [0.2, 0.25) is 0 Å². The van der Waals surface area contributed by atoms with Crippen molar-refractivity contribution in [3.63, 3.8) is 0 Å². The number of aromatic nitrogens is 1. The Labute approximate surface area is 151 Å². The molecule has 1 heterocycles. The Morgan fingerprint density at radius 3 is 2.68 bits per heavy atom. The number of benzene rings is 2. The predicted molar refractivity (Wildman–Crippen MR) is 102 cm³/mol. The molecule has 0 N–H and O–H groups in total. The number of fused-ring (bicyclic) bond motifs is 1. The van der Waals surface area contributed by atoms with Gasteiger partial charge in [-0.05, 0) is 51.5 Å². The van der Waals surface area contributed by atoms with Gasteiger partial charge < -0.3 is 9.30 Å². The van der Waals surface area contributed by atoms with Gasteiger partial charge in [0.05, 0.1) is 11.3 Å². The highest BCUT2D eigenvalue weighted by Gasteiger charge is 2.13. The smallest absolute Gasteiger partial charge is 0.279 e. The van der Waals surface area contributed by atoms with E-state index in [0.717, 1.165) is 33.6 Å². The first-order chi connectivity index (χ1) is 12.0. The molecule has 0 aliphatic heterocycles. The largest absolute Gasteiger partial charge is 0.492 e. The summed E-state index contributed by atoms with van der Waals surface area (Å²) in [7, 11) is 0. The van der Waals surface area contributed by atoms with Crippen molar-refractivity contribution < 1.29 is 9.53 Å². The van der Waals surface area contributed by atoms with Gasteiger partial charge in [-0.3, -0.25) is 4.79 Å². The van der Waals surface area contributed by atoms with Crippen LogP contribution >= 0.6 is 11.3 Å². The summed E-state index contributed by atoms with van der Waals surface area (Å²) in [6.45, 7) is 9.31. The van der Waals surface area contributed by atoms with E-state index in [2.05, 4.69) is 11.9 Å². The van der Waals surface area contributed by atoms with E-state index < -0.39 is 0 Å². The van der Waals surface area contributed by atoms with Gasteiger partial charge in [0.25, 0.3) is 5.91 Å². The lowest BCUT2D eigenvalue weighted by Gasteiger charge is -2.07. The van der Waals surface area contributed by atoms with Crippen molar-refractivity contribution in [2.75, 3.05) is 6.61 Å². The molecule has 4 nitrogen and oxygen atoms in total. The lowest BCUT2D eigenvalue weighted by molar-refractivity contribution is 0.0997. The van der Waals surface area contributed by atoms with Crippen LogP contribution in [0.5, 0.6) is 5.75 Å². The minimum Gasteiger partial charge on any atom is -0.492 e. The number of amides is 1. The summed E-state index contributed by atoms with van der Waals surface area (Å²) in [4.78, 5) is 17.8. The number of nitrogens with zero attached hydrogens (tertiary/aromatic N) is 2. The first-order valence-electron chi connectivity index (χ1n) is 8.46. The van der Waals surface area contributed by atoms with Gasteiger partial charge in [-0.2, -0.15) is 4.99 Å². The molecule has 130 valence electrons. The quantitative estimate of drug-likeness (QED) is 0.693. The van der Waals surface area contributed by atoms with E-state index in [1.807, 2.05) is 61.7 Å². The van der Waals surface area contributed by atoms with Crippen molar-refractivity contribution in [2.45, 2.75) is 34.2 Å². The van der Waals surface area contributed by atoms with Crippen LogP contribution in [0.3, 0.4) is 0 Å². The van der Waals surface area contributed by atoms with Gasteiger partial charge in [0.1, 0.15) is 11.3 Å². The maximum atomic E-state index is 12.7. The lowest BCUT2D eigenvalue weighted by Crippen LogP contribution is -2.16. The van der Waals surface area contributed by atoms with Crippen molar-refractivity contribution in [3.05, 3.63) is 57.9 Å². The highest BCUT2D eigenvalue weighted by molar-refractivity contribution is 7.16. The third-order valence-electron chi connectivity index (χ3n) is 4.09. The van der Waals surface area contributed by atoms with Crippen molar-refractivity contribution in [3.8, 4) is 5.75 Å². The summed E-state index contributed by atoms with van der Waals surface area (Å²) in [5.41, 5.74) is 3.74. The second-order valence-electron chi connectivity index (χ2n) is 5.90. The van der Waals surface area contributed by atoms with E-state index in [1.165, 1.54) is 11.3 Å². The summed E-state index contributed by atoms with van der Waals surface area (Å²) >= 11 is 1.52. The number of thiazole rings is 1. The molecular formula is C20H22N2O2S. The zero-order chi connectivity index (χ0) is 18.0. The van der Waals surface area contributed by atoms with Crippen molar-refractivity contribution in [1.29, 1.82) is 0 Å². The summed E-state index contributed by atoms with van der Waals surface area (Å²) in [6, 6.07) is 11.8. The third kappa shape index (κ3) is 3.37. The highest BCUT2D eigenvalue weighted by atomic mass is 32.1. The Morgan fingerprint density at radius 1 is 1.20 bits per heavy atom. The van der Waals surface area contributed by atoms with Crippen LogP contribution in [0.1, 0.15) is 35.3 Å². The highest BCUT2D eigenvalue weighted by Crippen LogP contribution is 2.27. The summed E-state index contributed by atoms with van der Waals surface area (Å²) < 4.78 is 8.87. The van der Waals surface area contributed by atoms with Crippen LogP contribution in [0.15, 0.2) is 41.4 Å². The van der Waals surface area contributed by atoms with E-state index in [4.69, 9.17) is 4.74 Å². The van der Waals surface area contributed by atoms with Crippen LogP contribution in [-0.2, 0) is 6.54 Å². The molecule has 1 aromatic heterocycles. The number of carbonyl (C=O) groups excluding carboxylic acids is 1. The molecule has 0 unspecified atom stereocenters. The average molecular weight is 354 g/mol. The van der Waals surface area contributed by atoms with Gasteiger partial charge in [-0.15, -0.1) is 0 Å². The second kappa shape index (κ2) is 7.23. The maximum absolute atomic E-state index is 12.7. The number of hydrogen-bond acceptors (Lipinski definition) is 3. The summed E-state index contributed by atoms with van der Waals surface area (Å²) in [5, 5.41) is 0. The molecule has 0 aliphatic carbocycles. The predicted octanol–water partition coefficient (Wildman–Crippen LogP) is 4.48. The fourth-order valence-electron chi connectivity index (χ4n) is 2.95. The Balaban J connectivity index is 2.16. The first-order valence-corrected chi connectivity index (χ1v) is 9.28. The van der Waals surface area contributed by atoms with Gasteiger partial charge >= 0.3 is 0 Å². The van der Waals surface area contributed by atoms with E-state index in [0.29, 0.717) is 17.0 Å². The van der Waals surface area contributed by atoms with E-state index in [-0.39, 0.29) is 5.91 Å². The normalized spacial score (nSPS) is 11.9. The fraction of sp³-hybridized carbons (Fsp3) is 0.300. The molecule has 0 spiro atoms. The number of hydrogen-bond donors (Lipinski definition) is 0. The Hall–Kier alpha value is -2.40. The summed E-state index contributed by atoms with van der Waals surface area (Å²) in [6.07, 6.45) is 0. The Kier molecular flexibility index (Phi) is 5.04. The molecular weight excluding hydrogens is 332 g/mol. The maximum Gasteiger partial charge on any atom is 0.279 e. The van der Waals surface area contributed by atoms with Crippen LogP contribution in [0.25, 0.3) is 10.2 Å². The second-order valence-corrected chi connectivity index (χ2v) is 6.91. The zero-order valence-electron chi connectivity index (χ0n) is 15.0. The SMILES string of the molecule is CCOc1cccc2sc(=NC(=O)c3ccc(C)cc3C)n(CC)c12. The topological polar surface area (TPSA) is 43.6 Å². The molecule has 0 fully saturated rings. The molecule has 0 saturated carbocycles. The first kappa shape index (κ1) is 17.4. The van der Waals surface area contributed by atoms with Gasteiger partial charge in [0, 0.05) is 12.1 Å². The zero-order valence-corrected chi connectivity index (χ0v) is 15.8. The molecule has 25 heavy (non-hydrogen) atoms. The van der Waals surface area contributed by atoms with E-state index in [9.17, 15) is 4.79 Å². The average Bonchev–Trinajstić information content (AvgIpc) is 2.93. The molecule has 5 heteroatoms. The van der Waals surface area contributed by atoms with Gasteiger partial charge in [-0.1, -0.05) is 35.1 Å². The standard InChI is InChI=1S/C20H22N2O2S/c1-5-22-18-16(24-6-2)8-7-9-17(18)25-20(22)21-19(23)15-11-10-13(3)12-14(15)4/h7-12H,5-6H2,1-4H3. The Morgan fingerprint density at radius 2 is 2.00 bits per heavy atom. The van der Waals surface area contributed by atoms with Gasteiger partial charge in [-0.25, -0.2) is 0 Å². The lowest BCUT2D eigenvalue weighted by atomic mass is 10.1. The molecule has 3 rings (SSSR count).